The molecule has 2 aliphatic rings. The van der Waals surface area contributed by atoms with Crippen LogP contribution < -0.4 is 0 Å². The van der Waals surface area contributed by atoms with E-state index in [9.17, 15) is 13.9 Å². The van der Waals surface area contributed by atoms with Crippen molar-refractivity contribution >= 4 is 5.90 Å². The number of aliphatic imine (C=N–C) groups is 1. The summed E-state index contributed by atoms with van der Waals surface area (Å²) in [5.74, 6) is -0.632. The van der Waals surface area contributed by atoms with E-state index in [0.717, 1.165) is 0 Å². The van der Waals surface area contributed by atoms with Gasteiger partial charge >= 0.3 is 0 Å². The molecule has 4 nitrogen and oxygen atoms in total. The number of aliphatic hydroxyl groups excluding tert-OH is 1. The molecule has 1 aromatic carbocycles. The minimum absolute atomic E-state index is 0.0871. The Morgan fingerprint density at radius 3 is 2.86 bits per heavy atom. The number of nitrogens with zero attached hydrogens (tertiary/aromatic N) is 1. The first-order valence-corrected chi connectivity index (χ1v) is 7.39. The van der Waals surface area contributed by atoms with Crippen LogP contribution in [-0.4, -0.2) is 43.1 Å². The fourth-order valence-corrected chi connectivity index (χ4v) is 3.62. The maximum atomic E-state index is 14.3. The third-order valence-electron chi connectivity index (χ3n) is 4.46. The number of alkyl halides is 1. The van der Waals surface area contributed by atoms with E-state index in [1.807, 2.05) is 0 Å². The first-order valence-electron chi connectivity index (χ1n) is 7.39. The molecule has 2 aliphatic heterocycles. The molecule has 2 heterocycles. The van der Waals surface area contributed by atoms with Crippen LogP contribution in [0.5, 0.6) is 0 Å². The maximum Gasteiger partial charge on any atom is 0.181 e. The van der Waals surface area contributed by atoms with E-state index in [4.69, 9.17) is 9.47 Å². The largest absolute Gasteiger partial charge is 0.475 e. The molecule has 0 bridgehead atoms. The second kappa shape index (κ2) is 5.93. The quantitative estimate of drug-likeness (QED) is 0.927. The van der Waals surface area contributed by atoms with Crippen LogP contribution >= 0.6 is 0 Å². The lowest BCUT2D eigenvalue weighted by Gasteiger charge is -2.42. The molecule has 120 valence electrons. The van der Waals surface area contributed by atoms with E-state index in [-0.39, 0.29) is 18.3 Å². The third kappa shape index (κ3) is 2.30. The summed E-state index contributed by atoms with van der Waals surface area (Å²) in [5.41, 5.74) is -1.15. The minimum Gasteiger partial charge on any atom is -0.475 e. The van der Waals surface area contributed by atoms with Gasteiger partial charge in [0.1, 0.15) is 24.1 Å². The summed E-state index contributed by atoms with van der Waals surface area (Å²) in [7, 11) is 0. The number of hydrogen-bond acceptors (Lipinski definition) is 4. The minimum atomic E-state index is -1.37. The van der Waals surface area contributed by atoms with E-state index in [1.54, 1.807) is 25.1 Å². The second-order valence-corrected chi connectivity index (χ2v) is 5.73. The first kappa shape index (κ1) is 15.4. The average Bonchev–Trinajstić information content (AvgIpc) is 2.90. The third-order valence-corrected chi connectivity index (χ3v) is 4.46. The van der Waals surface area contributed by atoms with Gasteiger partial charge in [0.2, 0.25) is 0 Å². The van der Waals surface area contributed by atoms with Gasteiger partial charge in [-0.15, -0.1) is 0 Å². The lowest BCUT2D eigenvalue weighted by Crippen LogP contribution is -2.50. The van der Waals surface area contributed by atoms with Crippen LogP contribution in [0, 0.1) is 11.7 Å². The molecule has 0 aromatic heterocycles. The zero-order valence-electron chi connectivity index (χ0n) is 12.3. The average molecular weight is 311 g/mol. The van der Waals surface area contributed by atoms with Gasteiger partial charge in [-0.25, -0.2) is 13.8 Å². The van der Waals surface area contributed by atoms with Gasteiger partial charge < -0.3 is 14.6 Å². The molecule has 0 radical (unpaired) electrons. The van der Waals surface area contributed by atoms with Crippen molar-refractivity contribution in [1.29, 1.82) is 0 Å². The molecular weight excluding hydrogens is 292 g/mol. The van der Waals surface area contributed by atoms with Gasteiger partial charge in [0.25, 0.3) is 0 Å². The predicted molar refractivity (Wildman–Crippen MR) is 77.0 cm³/mol. The standard InChI is InChI=1S/C16H19F2NO3/c1-10-19-16(9-17,11-4-2-3-5-12(11)18)15-13(6-7-20)21-8-14(15)22-10/h2-5,13-15,20H,6-9H2,1H3/t13-,14+,15-,16+/m0/s1. The van der Waals surface area contributed by atoms with Crippen molar-refractivity contribution < 1.29 is 23.4 Å². The summed E-state index contributed by atoms with van der Waals surface area (Å²) in [6.45, 7) is 0.997. The smallest absolute Gasteiger partial charge is 0.181 e. The molecule has 6 heteroatoms. The Kier molecular flexibility index (Phi) is 4.14. The van der Waals surface area contributed by atoms with Gasteiger partial charge in [0, 0.05) is 19.1 Å². The van der Waals surface area contributed by atoms with Gasteiger partial charge in [0.15, 0.2) is 5.90 Å². The Hall–Kier alpha value is -1.53. The van der Waals surface area contributed by atoms with Crippen LogP contribution in [0.4, 0.5) is 8.78 Å². The normalized spacial score (nSPS) is 34.0. The monoisotopic (exact) mass is 311 g/mol. The van der Waals surface area contributed by atoms with Crippen molar-refractivity contribution in [3.63, 3.8) is 0 Å². The Balaban J connectivity index is 2.13. The Morgan fingerprint density at radius 2 is 2.18 bits per heavy atom. The molecule has 1 N–H and O–H groups in total. The summed E-state index contributed by atoms with van der Waals surface area (Å²) in [6, 6.07) is 6.10. The van der Waals surface area contributed by atoms with E-state index in [1.165, 1.54) is 6.07 Å². The number of halogens is 2. The molecule has 22 heavy (non-hydrogen) atoms. The highest BCUT2D eigenvalue weighted by molar-refractivity contribution is 5.75. The van der Waals surface area contributed by atoms with Gasteiger partial charge in [-0.05, 0) is 12.5 Å². The maximum absolute atomic E-state index is 14.3. The van der Waals surface area contributed by atoms with Crippen molar-refractivity contribution in [1.82, 2.24) is 0 Å². The summed E-state index contributed by atoms with van der Waals surface area (Å²) in [6.07, 6.45) is -0.457. The van der Waals surface area contributed by atoms with Crippen molar-refractivity contribution in [2.45, 2.75) is 31.1 Å². The summed E-state index contributed by atoms with van der Waals surface area (Å²) in [5, 5.41) is 9.21. The number of hydrogen-bond donors (Lipinski definition) is 1. The van der Waals surface area contributed by atoms with Gasteiger partial charge in [-0.2, -0.15) is 0 Å². The van der Waals surface area contributed by atoms with Crippen LogP contribution in [0.3, 0.4) is 0 Å². The van der Waals surface area contributed by atoms with Gasteiger partial charge in [0.05, 0.1) is 18.6 Å². The highest BCUT2D eigenvalue weighted by Crippen LogP contribution is 2.47. The molecule has 0 spiro atoms. The number of ether oxygens (including phenoxy) is 2. The number of rotatable bonds is 4. The molecule has 1 saturated heterocycles. The van der Waals surface area contributed by atoms with Gasteiger partial charge in [-0.3, -0.25) is 0 Å². The molecule has 0 unspecified atom stereocenters. The number of fused-ring (bicyclic) bond motifs is 1. The highest BCUT2D eigenvalue weighted by atomic mass is 19.1. The molecule has 0 amide bonds. The zero-order valence-corrected chi connectivity index (χ0v) is 12.3. The lowest BCUT2D eigenvalue weighted by atomic mass is 9.73. The first-order chi connectivity index (χ1) is 10.6. The SMILES string of the molecule is CC1=N[C@](CF)(c2ccccc2F)[C@H]2[C@H](CCO)OC[C@H]2O1. The van der Waals surface area contributed by atoms with Crippen LogP contribution in [0.25, 0.3) is 0 Å². The molecule has 3 rings (SSSR count). The summed E-state index contributed by atoms with van der Waals surface area (Å²) in [4.78, 5) is 4.36. The lowest BCUT2D eigenvalue weighted by molar-refractivity contribution is 0.0240. The molecule has 1 fully saturated rings. The van der Waals surface area contributed by atoms with E-state index in [2.05, 4.69) is 4.99 Å². The molecule has 4 atom stereocenters. The Morgan fingerprint density at radius 1 is 1.41 bits per heavy atom. The van der Waals surface area contributed by atoms with Crippen molar-refractivity contribution in [2.75, 3.05) is 19.9 Å². The Bertz CT molecular complexity index is 580. The van der Waals surface area contributed by atoms with Gasteiger partial charge in [-0.1, -0.05) is 18.2 Å². The van der Waals surface area contributed by atoms with E-state index >= 15 is 0 Å². The van der Waals surface area contributed by atoms with Crippen LogP contribution in [0.15, 0.2) is 29.3 Å². The molecule has 1 aromatic rings. The van der Waals surface area contributed by atoms with E-state index < -0.39 is 30.1 Å². The van der Waals surface area contributed by atoms with Crippen LogP contribution in [0.1, 0.15) is 18.9 Å². The predicted octanol–water partition coefficient (Wildman–Crippen LogP) is 2.21. The molecular formula is C16H19F2NO3. The molecule has 0 saturated carbocycles. The Labute approximate surface area is 127 Å². The van der Waals surface area contributed by atoms with Crippen LogP contribution in [-0.2, 0) is 15.0 Å². The molecule has 0 aliphatic carbocycles. The van der Waals surface area contributed by atoms with E-state index in [0.29, 0.717) is 18.9 Å². The summed E-state index contributed by atoms with van der Waals surface area (Å²) >= 11 is 0. The van der Waals surface area contributed by atoms with Crippen LogP contribution in [0.2, 0.25) is 0 Å². The fourth-order valence-electron chi connectivity index (χ4n) is 3.62. The fraction of sp³-hybridized carbons (Fsp3) is 0.562. The van der Waals surface area contributed by atoms with Crippen molar-refractivity contribution in [3.8, 4) is 0 Å². The second-order valence-electron chi connectivity index (χ2n) is 5.73. The van der Waals surface area contributed by atoms with Crippen molar-refractivity contribution in [3.05, 3.63) is 35.6 Å². The highest BCUT2D eigenvalue weighted by Gasteiger charge is 2.56. The topological polar surface area (TPSA) is 51.1 Å². The van der Waals surface area contributed by atoms with Crippen molar-refractivity contribution in [2.24, 2.45) is 10.9 Å². The zero-order chi connectivity index (χ0) is 15.7. The number of benzene rings is 1. The summed E-state index contributed by atoms with van der Waals surface area (Å²) < 4.78 is 39.8. The number of aliphatic hydroxyl groups is 1.